The molecule has 12 heteroatoms. The quantitative estimate of drug-likeness (QED) is 0.428. The molecule has 0 aromatic heterocycles. The molecule has 2 aliphatic heterocycles. The zero-order valence-corrected chi connectivity index (χ0v) is 18.1. The van der Waals surface area contributed by atoms with Crippen LogP contribution in [0.4, 0.5) is 35.1 Å². The summed E-state index contributed by atoms with van der Waals surface area (Å²) >= 11 is -1.17. The number of amides is 1. The lowest BCUT2D eigenvalue weighted by atomic mass is 9.77. The summed E-state index contributed by atoms with van der Waals surface area (Å²) in [6, 6.07) is 1.73. The van der Waals surface area contributed by atoms with Gasteiger partial charge in [0, 0.05) is 36.9 Å². The third kappa shape index (κ3) is 3.90. The van der Waals surface area contributed by atoms with Crippen molar-refractivity contribution in [2.24, 2.45) is 0 Å². The highest BCUT2D eigenvalue weighted by Gasteiger charge is 2.73. The minimum atomic E-state index is -6.19. The first-order valence-electron chi connectivity index (χ1n) is 10.5. The van der Waals surface area contributed by atoms with Gasteiger partial charge in [-0.15, -0.1) is 0 Å². The van der Waals surface area contributed by atoms with Crippen LogP contribution in [-0.2, 0) is 28.1 Å². The maximum absolute atomic E-state index is 15.3. The summed E-state index contributed by atoms with van der Waals surface area (Å²) in [5, 5.41) is 0. The number of halogens is 8. The number of nitrogens with zero attached hydrogens (tertiary/aromatic N) is 1. The van der Waals surface area contributed by atoms with Gasteiger partial charge in [0.05, 0.1) is 0 Å². The molecule has 33 heavy (non-hydrogen) atoms. The van der Waals surface area contributed by atoms with Gasteiger partial charge in [0.2, 0.25) is 0 Å². The average Bonchev–Trinajstić information content (AvgIpc) is 3.17. The Hall–Kier alpha value is -1.56. The second kappa shape index (κ2) is 8.00. The van der Waals surface area contributed by atoms with Gasteiger partial charge < -0.3 is 9.45 Å². The molecule has 2 fully saturated rings. The van der Waals surface area contributed by atoms with Gasteiger partial charge in [-0.05, 0) is 30.4 Å². The van der Waals surface area contributed by atoms with Crippen molar-refractivity contribution in [1.29, 1.82) is 0 Å². The van der Waals surface area contributed by atoms with E-state index in [0.717, 1.165) is 6.07 Å². The van der Waals surface area contributed by atoms with E-state index >= 15 is 4.39 Å². The smallest absolute Gasteiger partial charge is 0.435 e. The van der Waals surface area contributed by atoms with Gasteiger partial charge in [0.1, 0.15) is 11.5 Å². The Labute approximate surface area is 187 Å². The predicted octanol–water partition coefficient (Wildman–Crippen LogP) is 4.86. The number of fused-ring (bicyclic) bond motifs is 3. The second-order valence-corrected chi connectivity index (χ2v) is 10.6. The fraction of sp³-hybridized carbons (Fsp3) is 0.667. The summed E-state index contributed by atoms with van der Waals surface area (Å²) in [4.78, 5) is 14.4. The monoisotopic (exact) mass is 503 g/mol. The van der Waals surface area contributed by atoms with Crippen LogP contribution in [0.3, 0.4) is 0 Å². The van der Waals surface area contributed by atoms with Crippen LogP contribution < -0.4 is 0 Å². The van der Waals surface area contributed by atoms with Gasteiger partial charge in [-0.2, -0.15) is 26.3 Å². The SMILES string of the molecule is O=C(N1CCC2c3ccc(C(F)(C(F)(F)F)C(F)(F)F)cc3CCC21)C1(F)CC[S+]([O-])CC1. The van der Waals surface area contributed by atoms with Crippen molar-refractivity contribution in [3.63, 3.8) is 0 Å². The number of carbonyl (C=O) groups is 1. The Balaban J connectivity index is 1.60. The molecule has 4 rings (SSSR count). The van der Waals surface area contributed by atoms with Gasteiger partial charge in [-0.1, -0.05) is 29.4 Å². The highest BCUT2D eigenvalue weighted by Crippen LogP contribution is 2.54. The van der Waals surface area contributed by atoms with Gasteiger partial charge in [0.15, 0.2) is 5.67 Å². The minimum Gasteiger partial charge on any atom is -0.616 e. The Morgan fingerprint density at radius 2 is 1.64 bits per heavy atom. The van der Waals surface area contributed by atoms with Crippen molar-refractivity contribution < 1.29 is 44.5 Å². The first-order chi connectivity index (χ1) is 15.2. The van der Waals surface area contributed by atoms with E-state index in [1.165, 1.54) is 4.90 Å². The molecule has 0 spiro atoms. The van der Waals surface area contributed by atoms with E-state index in [9.17, 15) is 40.1 Å². The van der Waals surface area contributed by atoms with E-state index in [2.05, 4.69) is 0 Å². The average molecular weight is 503 g/mol. The fourth-order valence-corrected chi connectivity index (χ4v) is 6.57. The van der Waals surface area contributed by atoms with Crippen molar-refractivity contribution in [2.45, 2.75) is 67.8 Å². The number of benzene rings is 1. The lowest BCUT2D eigenvalue weighted by molar-refractivity contribution is -0.348. The van der Waals surface area contributed by atoms with Crippen LogP contribution in [0.15, 0.2) is 18.2 Å². The molecule has 2 saturated heterocycles. The topological polar surface area (TPSA) is 43.4 Å². The minimum absolute atomic E-state index is 0.0310. The molecule has 0 N–H and O–H groups in total. The Bertz CT molecular complexity index is 912. The highest BCUT2D eigenvalue weighted by atomic mass is 32.2. The van der Waals surface area contributed by atoms with Gasteiger partial charge in [-0.25, -0.2) is 8.78 Å². The van der Waals surface area contributed by atoms with Gasteiger partial charge in [-0.3, -0.25) is 4.79 Å². The predicted molar refractivity (Wildman–Crippen MR) is 103 cm³/mol. The first-order valence-corrected chi connectivity index (χ1v) is 12.0. The zero-order valence-electron chi connectivity index (χ0n) is 17.2. The molecular formula is C21H21F8NO2S. The largest absolute Gasteiger partial charge is 0.616 e. The summed E-state index contributed by atoms with van der Waals surface area (Å²) in [5.41, 5.74) is -8.52. The summed E-state index contributed by atoms with van der Waals surface area (Å²) in [6.45, 7) is 0.197. The van der Waals surface area contributed by atoms with Crippen LogP contribution in [0.2, 0.25) is 0 Å². The van der Waals surface area contributed by atoms with Crippen LogP contribution in [0.5, 0.6) is 0 Å². The number of alkyl halides is 8. The number of aryl methyl sites for hydroxylation is 1. The third-order valence-corrected chi connectivity index (χ3v) is 8.39. The zero-order chi connectivity index (χ0) is 24.4. The molecule has 2 unspecified atom stereocenters. The van der Waals surface area contributed by atoms with Gasteiger partial charge in [0.25, 0.3) is 5.91 Å². The lowest BCUT2D eigenvalue weighted by Gasteiger charge is -2.38. The molecule has 184 valence electrons. The Kier molecular flexibility index (Phi) is 5.95. The molecule has 3 nitrogen and oxygen atoms in total. The Morgan fingerprint density at radius 1 is 1.03 bits per heavy atom. The molecule has 1 aliphatic carbocycles. The van der Waals surface area contributed by atoms with Crippen molar-refractivity contribution in [3.8, 4) is 0 Å². The normalized spacial score (nSPS) is 30.7. The number of rotatable bonds is 2. The van der Waals surface area contributed by atoms with Crippen molar-refractivity contribution >= 4 is 17.1 Å². The fourth-order valence-electron chi connectivity index (χ4n) is 5.26. The number of carbonyl (C=O) groups excluding carboxylic acids is 1. The van der Waals surface area contributed by atoms with Crippen molar-refractivity contribution in [2.75, 3.05) is 18.1 Å². The van der Waals surface area contributed by atoms with Crippen LogP contribution in [0.25, 0.3) is 0 Å². The van der Waals surface area contributed by atoms with Crippen LogP contribution >= 0.6 is 0 Å². The molecule has 0 saturated carbocycles. The maximum Gasteiger partial charge on any atom is 0.435 e. The number of likely N-dealkylation sites (tertiary alicyclic amines) is 1. The molecular weight excluding hydrogens is 482 g/mol. The third-order valence-electron chi connectivity index (χ3n) is 7.07. The molecule has 3 aliphatic rings. The summed E-state index contributed by atoms with van der Waals surface area (Å²) in [5.74, 6) is -0.930. The highest BCUT2D eigenvalue weighted by molar-refractivity contribution is 7.91. The van der Waals surface area contributed by atoms with E-state index < -0.39 is 52.4 Å². The number of hydrogen-bond acceptors (Lipinski definition) is 2. The van der Waals surface area contributed by atoms with E-state index in [1.54, 1.807) is 0 Å². The first kappa shape index (κ1) is 24.6. The standard InChI is InChI=1S/C21H21F8NO2S/c22-18(6-9-33(32)10-7-18)17(31)30-8-5-15-14-3-2-13(11-12(14)1-4-16(15)30)19(23,20(24,25)26)21(27,28)29/h2-3,11,15-16H,1,4-10H2. The summed E-state index contributed by atoms with van der Waals surface area (Å²) in [6.07, 6.45) is -12.1. The molecule has 1 amide bonds. The number of hydrogen-bond donors (Lipinski definition) is 0. The van der Waals surface area contributed by atoms with E-state index in [0.29, 0.717) is 24.1 Å². The molecule has 0 bridgehead atoms. The van der Waals surface area contributed by atoms with Gasteiger partial charge >= 0.3 is 18.0 Å². The molecule has 0 radical (unpaired) electrons. The van der Waals surface area contributed by atoms with E-state index in [-0.39, 0.29) is 55.2 Å². The summed E-state index contributed by atoms with van der Waals surface area (Å²) < 4.78 is 120. The van der Waals surface area contributed by atoms with Crippen molar-refractivity contribution in [3.05, 3.63) is 34.9 Å². The van der Waals surface area contributed by atoms with Crippen LogP contribution in [0, 0.1) is 0 Å². The van der Waals surface area contributed by atoms with E-state index in [1.807, 2.05) is 0 Å². The summed E-state index contributed by atoms with van der Waals surface area (Å²) in [7, 11) is 0. The lowest BCUT2D eigenvalue weighted by Crippen LogP contribution is -2.52. The molecule has 2 atom stereocenters. The molecule has 1 aromatic carbocycles. The van der Waals surface area contributed by atoms with Crippen LogP contribution in [0.1, 0.15) is 48.3 Å². The van der Waals surface area contributed by atoms with Crippen LogP contribution in [-0.4, -0.2) is 57.5 Å². The molecule has 2 heterocycles. The maximum atomic E-state index is 15.3. The molecule has 1 aromatic rings. The van der Waals surface area contributed by atoms with E-state index in [4.69, 9.17) is 0 Å². The Morgan fingerprint density at radius 3 is 2.21 bits per heavy atom. The second-order valence-electron chi connectivity index (χ2n) is 8.88. The van der Waals surface area contributed by atoms with Crippen molar-refractivity contribution in [1.82, 2.24) is 4.90 Å².